The smallest absolute Gasteiger partial charge is 0.265 e. The number of benzene rings is 2. The molecule has 0 aliphatic rings. The van der Waals surface area contributed by atoms with Crippen molar-refractivity contribution in [2.24, 2.45) is 0 Å². The SMILES string of the molecule is COc1cc2c(oc3cc4c(S(C)(=O)=O)cc(O)cc4oc32)c(OC)c1=O. The fourth-order valence-electron chi connectivity index (χ4n) is 3.06. The van der Waals surface area contributed by atoms with Crippen LogP contribution in [0.25, 0.3) is 33.1 Å². The maximum absolute atomic E-state index is 12.3. The number of aromatic hydroxyl groups is 1. The van der Waals surface area contributed by atoms with E-state index in [0.29, 0.717) is 5.39 Å². The second-order valence-electron chi connectivity index (χ2n) is 5.99. The largest absolute Gasteiger partial charge is 0.508 e. The van der Waals surface area contributed by atoms with E-state index in [0.717, 1.165) is 12.3 Å². The van der Waals surface area contributed by atoms with Crippen LogP contribution in [0.5, 0.6) is 17.2 Å². The Labute approximate surface area is 152 Å². The average molecular weight is 390 g/mol. The molecule has 0 spiro atoms. The predicted octanol–water partition coefficient (Wildman–Crippen LogP) is 2.82. The third kappa shape index (κ3) is 2.50. The van der Waals surface area contributed by atoms with Crippen LogP contribution in [-0.2, 0) is 9.84 Å². The van der Waals surface area contributed by atoms with E-state index < -0.39 is 15.3 Å². The Bertz CT molecular complexity index is 1390. The fourth-order valence-corrected chi connectivity index (χ4v) is 3.95. The third-order valence-corrected chi connectivity index (χ3v) is 5.37. The van der Waals surface area contributed by atoms with Crippen molar-refractivity contribution >= 4 is 42.9 Å². The summed E-state index contributed by atoms with van der Waals surface area (Å²) in [6.07, 6.45) is 1.03. The normalized spacial score (nSPS) is 12.1. The van der Waals surface area contributed by atoms with E-state index in [1.807, 2.05) is 0 Å². The number of hydrogen-bond donors (Lipinski definition) is 1. The Kier molecular flexibility index (Phi) is 3.60. The van der Waals surface area contributed by atoms with Gasteiger partial charge in [-0.05, 0) is 18.2 Å². The molecule has 4 aromatic rings. The van der Waals surface area contributed by atoms with Gasteiger partial charge in [0.2, 0.25) is 5.75 Å². The highest BCUT2D eigenvalue weighted by Crippen LogP contribution is 2.39. The molecule has 8 nitrogen and oxygen atoms in total. The molecule has 0 bridgehead atoms. The molecule has 0 radical (unpaired) electrons. The average Bonchev–Trinajstić information content (AvgIpc) is 2.94. The van der Waals surface area contributed by atoms with Gasteiger partial charge in [-0.3, -0.25) is 4.79 Å². The number of phenolic OH excluding ortho intramolecular Hbond substituents is 1. The van der Waals surface area contributed by atoms with Gasteiger partial charge in [-0.15, -0.1) is 0 Å². The monoisotopic (exact) mass is 390 g/mol. The summed E-state index contributed by atoms with van der Waals surface area (Å²) in [6, 6.07) is 5.39. The Morgan fingerprint density at radius 2 is 1.63 bits per heavy atom. The van der Waals surface area contributed by atoms with E-state index >= 15 is 0 Å². The van der Waals surface area contributed by atoms with Crippen molar-refractivity contribution in [3.8, 4) is 17.2 Å². The van der Waals surface area contributed by atoms with Gasteiger partial charge in [0, 0.05) is 17.7 Å². The van der Waals surface area contributed by atoms with Crippen molar-refractivity contribution in [2.45, 2.75) is 4.90 Å². The summed E-state index contributed by atoms with van der Waals surface area (Å²) in [4.78, 5) is 12.2. The lowest BCUT2D eigenvalue weighted by molar-refractivity contribution is 0.387. The summed E-state index contributed by atoms with van der Waals surface area (Å²) in [6.45, 7) is 0. The summed E-state index contributed by atoms with van der Waals surface area (Å²) < 4.78 is 46.0. The molecule has 2 aromatic heterocycles. The molecule has 4 rings (SSSR count). The molecule has 1 N–H and O–H groups in total. The number of ether oxygens (including phenoxy) is 2. The topological polar surface area (TPSA) is 116 Å². The van der Waals surface area contributed by atoms with Crippen LogP contribution in [0.3, 0.4) is 0 Å². The van der Waals surface area contributed by atoms with Crippen molar-refractivity contribution < 1.29 is 31.8 Å². The molecular formula is C18H14O8S. The highest BCUT2D eigenvalue weighted by atomic mass is 32.2. The summed E-state index contributed by atoms with van der Waals surface area (Å²) in [5.74, 6) is -0.257. The first kappa shape index (κ1) is 17.2. The molecule has 140 valence electrons. The van der Waals surface area contributed by atoms with E-state index in [-0.39, 0.29) is 49.9 Å². The van der Waals surface area contributed by atoms with Gasteiger partial charge in [-0.25, -0.2) is 8.42 Å². The number of phenols is 1. The standard InChI is InChI=1S/C18H14O8S/c1-23-12-7-10-16-13(26-17(10)18(24-2)15(12)20)6-9-11(25-16)4-8(19)5-14(9)27(3,21)22/h4-7,19H,1-3H3. The van der Waals surface area contributed by atoms with Crippen molar-refractivity contribution in [3.63, 3.8) is 0 Å². The number of sulfone groups is 1. The van der Waals surface area contributed by atoms with Crippen LogP contribution in [0, 0.1) is 0 Å². The molecule has 0 saturated carbocycles. The maximum atomic E-state index is 12.3. The van der Waals surface area contributed by atoms with E-state index in [4.69, 9.17) is 18.3 Å². The number of fused-ring (bicyclic) bond motifs is 4. The van der Waals surface area contributed by atoms with E-state index in [1.165, 1.54) is 32.4 Å². The lowest BCUT2D eigenvalue weighted by atomic mass is 10.2. The quantitative estimate of drug-likeness (QED) is 0.568. The van der Waals surface area contributed by atoms with Crippen LogP contribution < -0.4 is 14.9 Å². The maximum Gasteiger partial charge on any atom is 0.265 e. The summed E-state index contributed by atoms with van der Waals surface area (Å²) in [5, 5.41) is 10.5. The molecular weight excluding hydrogens is 376 g/mol. The second kappa shape index (κ2) is 5.65. The van der Waals surface area contributed by atoms with Gasteiger partial charge in [0.05, 0.1) is 24.5 Å². The Morgan fingerprint density at radius 1 is 0.926 bits per heavy atom. The predicted molar refractivity (Wildman–Crippen MR) is 97.6 cm³/mol. The van der Waals surface area contributed by atoms with Crippen molar-refractivity contribution in [3.05, 3.63) is 34.5 Å². The number of furan rings is 1. The molecule has 0 saturated heterocycles. The molecule has 0 aliphatic heterocycles. The van der Waals surface area contributed by atoms with Crippen LogP contribution in [-0.4, -0.2) is 34.0 Å². The highest BCUT2D eigenvalue weighted by molar-refractivity contribution is 7.91. The van der Waals surface area contributed by atoms with Gasteiger partial charge < -0.3 is 23.4 Å². The van der Waals surface area contributed by atoms with Crippen molar-refractivity contribution in [1.29, 1.82) is 0 Å². The highest BCUT2D eigenvalue weighted by Gasteiger charge is 2.22. The van der Waals surface area contributed by atoms with Gasteiger partial charge >= 0.3 is 0 Å². The summed E-state index contributed by atoms with van der Waals surface area (Å²) in [5.41, 5.74) is 0.306. The number of methoxy groups -OCH3 is 2. The minimum atomic E-state index is -3.64. The molecule has 27 heavy (non-hydrogen) atoms. The zero-order chi connectivity index (χ0) is 19.5. The zero-order valence-corrected chi connectivity index (χ0v) is 15.3. The van der Waals surface area contributed by atoms with Crippen LogP contribution in [0.4, 0.5) is 0 Å². The van der Waals surface area contributed by atoms with E-state index in [1.54, 1.807) is 0 Å². The molecule has 2 heterocycles. The second-order valence-corrected chi connectivity index (χ2v) is 7.97. The van der Waals surface area contributed by atoms with Crippen molar-refractivity contribution in [1.82, 2.24) is 0 Å². The molecule has 2 aromatic carbocycles. The summed E-state index contributed by atoms with van der Waals surface area (Å²) >= 11 is 0. The lowest BCUT2D eigenvalue weighted by Gasteiger charge is -2.05. The molecule has 0 fully saturated rings. The van der Waals surface area contributed by atoms with Crippen LogP contribution >= 0.6 is 0 Å². The zero-order valence-electron chi connectivity index (χ0n) is 14.5. The number of hydrogen-bond acceptors (Lipinski definition) is 8. The van der Waals surface area contributed by atoms with Gasteiger partial charge in [-0.2, -0.15) is 0 Å². The minimum Gasteiger partial charge on any atom is -0.508 e. The molecule has 9 heteroatoms. The molecule has 0 atom stereocenters. The summed E-state index contributed by atoms with van der Waals surface area (Å²) in [7, 11) is -0.953. The Balaban J connectivity index is 2.22. The molecule has 0 amide bonds. The Hall–Kier alpha value is -3.20. The van der Waals surface area contributed by atoms with Crippen LogP contribution in [0.15, 0.2) is 42.8 Å². The molecule has 0 aliphatic carbocycles. The minimum absolute atomic E-state index is 0.0464. The van der Waals surface area contributed by atoms with E-state index in [9.17, 15) is 18.3 Å². The van der Waals surface area contributed by atoms with E-state index in [2.05, 4.69) is 0 Å². The first-order valence-electron chi connectivity index (χ1n) is 7.72. The fraction of sp³-hybridized carbons (Fsp3) is 0.167. The first-order valence-corrected chi connectivity index (χ1v) is 9.62. The molecule has 0 unspecified atom stereocenters. The first-order chi connectivity index (χ1) is 12.7. The van der Waals surface area contributed by atoms with Gasteiger partial charge in [0.1, 0.15) is 11.3 Å². The van der Waals surface area contributed by atoms with Gasteiger partial charge in [-0.1, -0.05) is 0 Å². The van der Waals surface area contributed by atoms with Crippen LogP contribution in [0.1, 0.15) is 0 Å². The van der Waals surface area contributed by atoms with Crippen molar-refractivity contribution in [2.75, 3.05) is 20.5 Å². The van der Waals surface area contributed by atoms with Crippen LogP contribution in [0.2, 0.25) is 0 Å². The van der Waals surface area contributed by atoms with Gasteiger partial charge in [0.15, 0.2) is 32.3 Å². The Morgan fingerprint density at radius 3 is 2.26 bits per heavy atom. The number of rotatable bonds is 3. The van der Waals surface area contributed by atoms with Gasteiger partial charge in [0.25, 0.3) is 5.43 Å². The lowest BCUT2D eigenvalue weighted by Crippen LogP contribution is -2.08. The third-order valence-electron chi connectivity index (χ3n) is 4.24.